The van der Waals surface area contributed by atoms with E-state index in [1.807, 2.05) is 63.7 Å². The first-order valence-electron chi connectivity index (χ1n) is 12.7. The zero-order valence-electron chi connectivity index (χ0n) is 21.2. The number of aromatic nitrogens is 7. The van der Waals surface area contributed by atoms with E-state index in [0.29, 0.717) is 31.0 Å². The van der Waals surface area contributed by atoms with Gasteiger partial charge >= 0.3 is 0 Å². The summed E-state index contributed by atoms with van der Waals surface area (Å²) in [5, 5.41) is 21.0. The highest BCUT2D eigenvalue weighted by Gasteiger charge is 2.33. The predicted octanol–water partition coefficient (Wildman–Crippen LogP) is 3.36. The van der Waals surface area contributed by atoms with Crippen molar-refractivity contribution in [2.45, 2.75) is 25.8 Å². The molecule has 1 aliphatic heterocycles. The number of hydrogen-bond acceptors (Lipinski definition) is 6. The number of fused-ring (bicyclic) bond motifs is 4. The Labute approximate surface area is 218 Å². The summed E-state index contributed by atoms with van der Waals surface area (Å²) in [6.45, 7) is 1.05. The maximum Gasteiger partial charge on any atom is 0.272 e. The van der Waals surface area contributed by atoms with Crippen LogP contribution in [0.1, 0.15) is 32.9 Å². The lowest BCUT2D eigenvalue weighted by Gasteiger charge is -2.28. The van der Waals surface area contributed by atoms with Crippen molar-refractivity contribution >= 4 is 5.91 Å². The van der Waals surface area contributed by atoms with Gasteiger partial charge in [0.25, 0.3) is 5.91 Å². The second kappa shape index (κ2) is 8.69. The number of aryl methyl sites for hydroxylation is 2. The molecule has 0 saturated heterocycles. The van der Waals surface area contributed by atoms with Crippen LogP contribution in [0, 0.1) is 0 Å². The highest BCUT2D eigenvalue weighted by molar-refractivity contribution is 5.96. The Morgan fingerprint density at radius 3 is 2.74 bits per heavy atom. The van der Waals surface area contributed by atoms with Crippen LogP contribution in [0.4, 0.5) is 0 Å². The molecule has 0 atom stereocenters. The van der Waals surface area contributed by atoms with Crippen LogP contribution in [-0.4, -0.2) is 59.2 Å². The van der Waals surface area contributed by atoms with Crippen molar-refractivity contribution in [1.29, 1.82) is 0 Å². The molecular formula is C28H26N8O2. The van der Waals surface area contributed by atoms with Gasteiger partial charge in [0, 0.05) is 48.1 Å². The Bertz CT molecular complexity index is 1680. The van der Waals surface area contributed by atoms with Crippen LogP contribution in [0.3, 0.4) is 0 Å². The van der Waals surface area contributed by atoms with E-state index in [1.54, 1.807) is 13.4 Å². The molecule has 4 heterocycles. The summed E-state index contributed by atoms with van der Waals surface area (Å²) in [5.41, 5.74) is 8.47. The molecule has 38 heavy (non-hydrogen) atoms. The summed E-state index contributed by atoms with van der Waals surface area (Å²) < 4.78 is 9.22. The number of nitrogens with zero attached hydrogens (tertiary/aromatic N) is 7. The van der Waals surface area contributed by atoms with E-state index in [9.17, 15) is 4.79 Å². The predicted molar refractivity (Wildman–Crippen MR) is 140 cm³/mol. The molecular weight excluding hydrogens is 480 g/mol. The third-order valence-electron chi connectivity index (χ3n) is 7.62. The minimum absolute atomic E-state index is 0.0410. The Hall–Kier alpha value is -4.73. The van der Waals surface area contributed by atoms with E-state index in [2.05, 4.69) is 26.5 Å². The van der Waals surface area contributed by atoms with Gasteiger partial charge in [-0.15, -0.1) is 10.2 Å². The molecule has 10 heteroatoms. The molecule has 3 aromatic heterocycles. The van der Waals surface area contributed by atoms with E-state index < -0.39 is 0 Å². The smallest absolute Gasteiger partial charge is 0.272 e. The standard InChI is InChI=1S/C28H26N8O2/c1-34-23-12-13-35(15-22(23)25(33-34)27-32-29-16-36(27)18-6-4-3-5-7-18)28(37)26-21-10-8-17-14-19(38-2)9-11-20(17)24(21)30-31-26/h3-7,9,11,14,16H,8,10,12-13,15H2,1-2H3,(H,30,31). The highest BCUT2D eigenvalue weighted by Crippen LogP contribution is 2.37. The number of carbonyl (C=O) groups excluding carboxylic acids is 1. The van der Waals surface area contributed by atoms with Crippen LogP contribution in [-0.2, 0) is 32.9 Å². The number of amides is 1. The quantitative estimate of drug-likeness (QED) is 0.401. The maximum atomic E-state index is 13.8. The van der Waals surface area contributed by atoms with Gasteiger partial charge in [-0.05, 0) is 48.7 Å². The fourth-order valence-electron chi connectivity index (χ4n) is 5.68. The van der Waals surface area contributed by atoms with Gasteiger partial charge in [0.1, 0.15) is 23.5 Å². The van der Waals surface area contributed by atoms with Crippen molar-refractivity contribution in [3.05, 3.63) is 82.9 Å². The van der Waals surface area contributed by atoms with Gasteiger partial charge in [-0.1, -0.05) is 18.2 Å². The summed E-state index contributed by atoms with van der Waals surface area (Å²) in [5.74, 6) is 1.45. The largest absolute Gasteiger partial charge is 0.497 e. The summed E-state index contributed by atoms with van der Waals surface area (Å²) in [4.78, 5) is 15.7. The average molecular weight is 507 g/mol. The molecule has 0 bridgehead atoms. The first-order chi connectivity index (χ1) is 18.6. The lowest BCUT2D eigenvalue weighted by atomic mass is 9.88. The van der Waals surface area contributed by atoms with E-state index in [-0.39, 0.29) is 5.91 Å². The van der Waals surface area contributed by atoms with Crippen molar-refractivity contribution in [3.63, 3.8) is 0 Å². The fourth-order valence-corrected chi connectivity index (χ4v) is 5.68. The number of H-pyrrole nitrogens is 1. The van der Waals surface area contributed by atoms with Crippen molar-refractivity contribution in [2.24, 2.45) is 7.05 Å². The van der Waals surface area contributed by atoms with Crippen molar-refractivity contribution in [2.75, 3.05) is 13.7 Å². The molecule has 1 aliphatic carbocycles. The summed E-state index contributed by atoms with van der Waals surface area (Å²) in [6, 6.07) is 16.0. The molecule has 5 aromatic rings. The van der Waals surface area contributed by atoms with E-state index in [0.717, 1.165) is 58.1 Å². The molecule has 0 saturated carbocycles. The topological polar surface area (TPSA) is 107 Å². The highest BCUT2D eigenvalue weighted by atomic mass is 16.5. The number of para-hydroxylation sites is 1. The van der Waals surface area contributed by atoms with Gasteiger partial charge in [-0.3, -0.25) is 19.1 Å². The van der Waals surface area contributed by atoms with Crippen molar-refractivity contribution in [1.82, 2.24) is 39.6 Å². The first-order valence-corrected chi connectivity index (χ1v) is 12.7. The van der Waals surface area contributed by atoms with Gasteiger partial charge in [0.15, 0.2) is 5.82 Å². The maximum absolute atomic E-state index is 13.8. The van der Waals surface area contributed by atoms with Crippen molar-refractivity contribution in [3.8, 4) is 34.2 Å². The van der Waals surface area contributed by atoms with Gasteiger partial charge in [0.2, 0.25) is 0 Å². The minimum atomic E-state index is -0.0410. The number of benzene rings is 2. The van der Waals surface area contributed by atoms with Crippen LogP contribution < -0.4 is 4.74 Å². The second-order valence-electron chi connectivity index (χ2n) is 9.68. The van der Waals surface area contributed by atoms with Crippen LogP contribution in [0.2, 0.25) is 0 Å². The Morgan fingerprint density at radius 2 is 1.89 bits per heavy atom. The molecule has 1 N–H and O–H groups in total. The minimum Gasteiger partial charge on any atom is -0.497 e. The molecule has 0 fully saturated rings. The molecule has 0 unspecified atom stereocenters. The van der Waals surface area contributed by atoms with Crippen LogP contribution in [0.25, 0.3) is 28.5 Å². The SMILES string of the molecule is COc1ccc2c(c1)CCc1c-2n[nH]c1C(=O)N1CCc2c(c(-c3nncn3-c3ccccc3)nn2C)C1. The molecule has 10 nitrogen and oxygen atoms in total. The number of aromatic amines is 1. The number of methoxy groups -OCH3 is 1. The van der Waals surface area contributed by atoms with Gasteiger partial charge < -0.3 is 9.64 Å². The monoisotopic (exact) mass is 506 g/mol. The average Bonchev–Trinajstić information content (AvgIpc) is 3.70. The lowest BCUT2D eigenvalue weighted by Crippen LogP contribution is -2.37. The second-order valence-corrected chi connectivity index (χ2v) is 9.68. The Kier molecular flexibility index (Phi) is 5.14. The lowest BCUT2D eigenvalue weighted by molar-refractivity contribution is 0.0726. The van der Waals surface area contributed by atoms with Gasteiger partial charge in [0.05, 0.1) is 19.3 Å². The molecule has 0 spiro atoms. The number of carbonyl (C=O) groups is 1. The molecule has 1 amide bonds. The molecule has 7 rings (SSSR count). The molecule has 2 aromatic carbocycles. The zero-order valence-corrected chi connectivity index (χ0v) is 21.2. The number of hydrogen-bond donors (Lipinski definition) is 1. The number of nitrogens with one attached hydrogen (secondary N) is 1. The summed E-state index contributed by atoms with van der Waals surface area (Å²) >= 11 is 0. The van der Waals surface area contributed by atoms with Gasteiger partial charge in [-0.25, -0.2) is 0 Å². The van der Waals surface area contributed by atoms with E-state index in [4.69, 9.17) is 9.84 Å². The number of rotatable bonds is 4. The zero-order chi connectivity index (χ0) is 25.8. The summed E-state index contributed by atoms with van der Waals surface area (Å²) in [6.07, 6.45) is 4.00. The Morgan fingerprint density at radius 1 is 1.03 bits per heavy atom. The third-order valence-corrected chi connectivity index (χ3v) is 7.62. The molecule has 190 valence electrons. The van der Waals surface area contributed by atoms with Crippen LogP contribution >= 0.6 is 0 Å². The molecule has 0 radical (unpaired) electrons. The first kappa shape index (κ1) is 22.5. The van der Waals surface area contributed by atoms with Crippen LogP contribution in [0.15, 0.2) is 54.9 Å². The third kappa shape index (κ3) is 3.44. The normalized spacial score (nSPS) is 14.1. The van der Waals surface area contributed by atoms with E-state index >= 15 is 0 Å². The van der Waals surface area contributed by atoms with Crippen molar-refractivity contribution < 1.29 is 9.53 Å². The number of ether oxygens (including phenoxy) is 1. The van der Waals surface area contributed by atoms with Gasteiger partial charge in [-0.2, -0.15) is 10.2 Å². The molecule has 2 aliphatic rings. The van der Waals surface area contributed by atoms with Crippen LogP contribution in [0.5, 0.6) is 5.75 Å². The fraction of sp³-hybridized carbons (Fsp3) is 0.250. The van der Waals surface area contributed by atoms with E-state index in [1.165, 1.54) is 5.56 Å². The summed E-state index contributed by atoms with van der Waals surface area (Å²) in [7, 11) is 3.62. The Balaban J connectivity index is 1.21.